The molecule has 3 rings (SSSR count). The number of nitrogens with zero attached hydrogens (tertiary/aromatic N) is 1. The highest BCUT2D eigenvalue weighted by atomic mass is 32.1. The Morgan fingerprint density at radius 1 is 1.24 bits per heavy atom. The quantitative estimate of drug-likeness (QED) is 0.944. The molecule has 1 amide bonds. The van der Waals surface area contributed by atoms with E-state index in [0.29, 0.717) is 19.3 Å². The zero-order chi connectivity index (χ0) is 14.8. The Kier molecular flexibility index (Phi) is 3.75. The number of carbonyl (C=O) groups is 2. The van der Waals surface area contributed by atoms with Crippen LogP contribution in [0.2, 0.25) is 0 Å². The second-order valence-electron chi connectivity index (χ2n) is 5.03. The molecule has 2 heterocycles. The Balaban J connectivity index is 1.80. The smallest absolute Gasteiger partial charge is 0.327 e. The molecule has 0 saturated heterocycles. The number of carbonyl (C=O) groups excluding carboxylic acids is 1. The van der Waals surface area contributed by atoms with Gasteiger partial charge in [-0.2, -0.15) is 0 Å². The molecule has 21 heavy (non-hydrogen) atoms. The molecule has 108 valence electrons. The number of fused-ring (bicyclic) bond motifs is 1. The number of hydrogen-bond acceptors (Lipinski definition) is 3. The molecular formula is C16H15NO3S. The lowest BCUT2D eigenvalue weighted by molar-refractivity contribution is -0.139. The van der Waals surface area contributed by atoms with Crippen LogP contribution in [-0.2, 0) is 22.4 Å². The number of carboxylic acid groups (broad SMARTS) is 1. The average molecular weight is 301 g/mol. The van der Waals surface area contributed by atoms with Gasteiger partial charge in [0.1, 0.15) is 6.04 Å². The van der Waals surface area contributed by atoms with Crippen LogP contribution in [0, 0.1) is 0 Å². The summed E-state index contributed by atoms with van der Waals surface area (Å²) in [5.74, 6) is -1.07. The third-order valence-corrected chi connectivity index (χ3v) is 4.63. The van der Waals surface area contributed by atoms with E-state index in [4.69, 9.17) is 0 Å². The van der Waals surface area contributed by atoms with Gasteiger partial charge in [-0.25, -0.2) is 4.79 Å². The van der Waals surface area contributed by atoms with Crippen LogP contribution in [0.15, 0.2) is 41.8 Å². The minimum Gasteiger partial charge on any atom is -0.480 e. The van der Waals surface area contributed by atoms with E-state index in [9.17, 15) is 14.7 Å². The van der Waals surface area contributed by atoms with E-state index >= 15 is 0 Å². The maximum Gasteiger partial charge on any atom is 0.327 e. The van der Waals surface area contributed by atoms with Crippen molar-refractivity contribution in [3.8, 4) is 0 Å². The monoisotopic (exact) mass is 301 g/mol. The summed E-state index contributed by atoms with van der Waals surface area (Å²) >= 11 is 1.61. The summed E-state index contributed by atoms with van der Waals surface area (Å²) in [4.78, 5) is 26.5. The van der Waals surface area contributed by atoms with Gasteiger partial charge in [0.15, 0.2) is 0 Å². The number of thiophene rings is 1. The summed E-state index contributed by atoms with van der Waals surface area (Å²) in [6, 6.07) is 10.6. The van der Waals surface area contributed by atoms with Gasteiger partial charge in [-0.3, -0.25) is 9.69 Å². The third-order valence-electron chi connectivity index (χ3n) is 3.70. The lowest BCUT2D eigenvalue weighted by Gasteiger charge is -2.22. The molecule has 1 N–H and O–H groups in total. The van der Waals surface area contributed by atoms with E-state index in [1.807, 2.05) is 41.8 Å². The Morgan fingerprint density at radius 3 is 2.76 bits per heavy atom. The molecule has 2 aromatic rings. The molecule has 1 atom stereocenters. The van der Waals surface area contributed by atoms with Crippen molar-refractivity contribution < 1.29 is 14.7 Å². The average Bonchev–Trinajstić information content (AvgIpc) is 3.11. The molecule has 0 fully saturated rings. The Hall–Kier alpha value is -2.14. The first kappa shape index (κ1) is 13.8. The number of carboxylic acids is 1. The van der Waals surface area contributed by atoms with Gasteiger partial charge in [0, 0.05) is 23.4 Å². The van der Waals surface area contributed by atoms with Gasteiger partial charge in [0.25, 0.3) is 0 Å². The number of rotatable bonds is 4. The second-order valence-corrected chi connectivity index (χ2v) is 6.06. The SMILES string of the molecule is O=C(O)[C@@H]1Cc2ccccc2N1C(=O)CCc1cccs1. The lowest BCUT2D eigenvalue weighted by Crippen LogP contribution is -2.42. The van der Waals surface area contributed by atoms with Gasteiger partial charge in [-0.15, -0.1) is 11.3 Å². The van der Waals surface area contributed by atoms with Gasteiger partial charge in [-0.1, -0.05) is 24.3 Å². The minimum absolute atomic E-state index is 0.124. The minimum atomic E-state index is -0.948. The molecule has 1 aromatic heterocycles. The fourth-order valence-electron chi connectivity index (χ4n) is 2.70. The zero-order valence-electron chi connectivity index (χ0n) is 11.4. The molecule has 1 aliphatic heterocycles. The molecule has 0 spiro atoms. The van der Waals surface area contributed by atoms with E-state index in [0.717, 1.165) is 16.1 Å². The van der Waals surface area contributed by atoms with Gasteiger partial charge in [0.05, 0.1) is 0 Å². The van der Waals surface area contributed by atoms with Crippen LogP contribution < -0.4 is 4.90 Å². The molecule has 0 bridgehead atoms. The predicted molar refractivity (Wildman–Crippen MR) is 81.7 cm³/mol. The summed E-state index contributed by atoms with van der Waals surface area (Å²) in [5.41, 5.74) is 1.66. The van der Waals surface area contributed by atoms with Crippen LogP contribution in [0.1, 0.15) is 16.9 Å². The van der Waals surface area contributed by atoms with Gasteiger partial charge in [0.2, 0.25) is 5.91 Å². The summed E-state index contributed by atoms with van der Waals surface area (Å²) in [6.45, 7) is 0. The van der Waals surface area contributed by atoms with Crippen molar-refractivity contribution in [1.82, 2.24) is 0 Å². The van der Waals surface area contributed by atoms with Crippen LogP contribution >= 0.6 is 11.3 Å². The number of aliphatic carboxylic acids is 1. The summed E-state index contributed by atoms with van der Waals surface area (Å²) in [7, 11) is 0. The van der Waals surface area contributed by atoms with Crippen molar-refractivity contribution in [1.29, 1.82) is 0 Å². The Morgan fingerprint density at radius 2 is 2.05 bits per heavy atom. The number of amides is 1. The maximum atomic E-state index is 12.5. The molecule has 0 saturated carbocycles. The van der Waals surface area contributed by atoms with Crippen molar-refractivity contribution in [2.45, 2.75) is 25.3 Å². The first-order chi connectivity index (χ1) is 10.2. The van der Waals surface area contributed by atoms with Crippen LogP contribution in [-0.4, -0.2) is 23.0 Å². The van der Waals surface area contributed by atoms with Crippen molar-refractivity contribution in [2.75, 3.05) is 4.90 Å². The van der Waals surface area contributed by atoms with Gasteiger partial charge < -0.3 is 5.11 Å². The summed E-state index contributed by atoms with van der Waals surface area (Å²) in [5, 5.41) is 11.3. The zero-order valence-corrected chi connectivity index (χ0v) is 12.2. The van der Waals surface area contributed by atoms with E-state index in [1.54, 1.807) is 11.3 Å². The number of hydrogen-bond donors (Lipinski definition) is 1. The van der Waals surface area contributed by atoms with Crippen LogP contribution in [0.3, 0.4) is 0 Å². The fraction of sp³-hybridized carbons (Fsp3) is 0.250. The standard InChI is InChI=1S/C16H15NO3S/c18-15(8-7-12-5-3-9-21-12)17-13-6-2-1-4-11(13)10-14(17)16(19)20/h1-6,9,14H,7-8,10H2,(H,19,20)/t14-/m0/s1. The van der Waals surface area contributed by atoms with Crippen LogP contribution in [0.5, 0.6) is 0 Å². The molecule has 1 aliphatic rings. The van der Waals surface area contributed by atoms with E-state index < -0.39 is 12.0 Å². The lowest BCUT2D eigenvalue weighted by atomic mass is 10.1. The molecule has 5 heteroatoms. The van der Waals surface area contributed by atoms with E-state index in [-0.39, 0.29) is 5.91 Å². The molecule has 1 aromatic carbocycles. The summed E-state index contributed by atoms with van der Waals surface area (Å²) in [6.07, 6.45) is 1.37. The van der Waals surface area contributed by atoms with Crippen molar-refractivity contribution in [2.24, 2.45) is 0 Å². The van der Waals surface area contributed by atoms with Crippen LogP contribution in [0.25, 0.3) is 0 Å². The normalized spacial score (nSPS) is 16.8. The topological polar surface area (TPSA) is 57.6 Å². The second kappa shape index (κ2) is 5.69. The molecular weight excluding hydrogens is 286 g/mol. The first-order valence-electron chi connectivity index (χ1n) is 6.82. The predicted octanol–water partition coefficient (Wildman–Crippen LogP) is 2.72. The Bertz CT molecular complexity index is 666. The highest BCUT2D eigenvalue weighted by molar-refractivity contribution is 7.09. The third kappa shape index (κ3) is 2.69. The Labute approximate surface area is 126 Å². The maximum absolute atomic E-state index is 12.5. The fourth-order valence-corrected chi connectivity index (χ4v) is 3.41. The summed E-state index contributed by atoms with van der Waals surface area (Å²) < 4.78 is 0. The van der Waals surface area contributed by atoms with Gasteiger partial charge in [-0.05, 0) is 29.5 Å². The van der Waals surface area contributed by atoms with E-state index in [1.165, 1.54) is 4.90 Å². The van der Waals surface area contributed by atoms with Gasteiger partial charge >= 0.3 is 5.97 Å². The van der Waals surface area contributed by atoms with Crippen molar-refractivity contribution in [3.63, 3.8) is 0 Å². The number of anilines is 1. The number of aryl methyl sites for hydroxylation is 1. The van der Waals surface area contributed by atoms with Crippen LogP contribution in [0.4, 0.5) is 5.69 Å². The van der Waals surface area contributed by atoms with Crippen molar-refractivity contribution in [3.05, 3.63) is 52.2 Å². The largest absolute Gasteiger partial charge is 0.480 e. The molecule has 0 unspecified atom stereocenters. The van der Waals surface area contributed by atoms with Crippen molar-refractivity contribution >= 4 is 28.9 Å². The highest BCUT2D eigenvalue weighted by Crippen LogP contribution is 2.32. The van der Waals surface area contributed by atoms with E-state index in [2.05, 4.69) is 0 Å². The number of para-hydroxylation sites is 1. The number of benzene rings is 1. The first-order valence-corrected chi connectivity index (χ1v) is 7.70. The molecule has 0 aliphatic carbocycles. The molecule has 4 nitrogen and oxygen atoms in total. The highest BCUT2D eigenvalue weighted by Gasteiger charge is 2.37. The molecule has 0 radical (unpaired) electrons.